The fraction of sp³-hybridized carbons (Fsp3) is 0.267. The molecule has 0 atom stereocenters. The summed E-state index contributed by atoms with van der Waals surface area (Å²) in [5, 5.41) is 0. The quantitative estimate of drug-likeness (QED) is 0.740. The highest BCUT2D eigenvalue weighted by molar-refractivity contribution is 5.84. The van der Waals surface area contributed by atoms with Crippen molar-refractivity contribution in [3.8, 4) is 11.1 Å². The molecule has 17 heavy (non-hydrogen) atoms. The van der Waals surface area contributed by atoms with Crippen LogP contribution >= 0.6 is 0 Å². The Morgan fingerprint density at radius 2 is 2.12 bits per heavy atom. The van der Waals surface area contributed by atoms with Crippen molar-refractivity contribution in [3.63, 3.8) is 0 Å². The van der Waals surface area contributed by atoms with Crippen LogP contribution in [0.5, 0.6) is 0 Å². The lowest BCUT2D eigenvalue weighted by molar-refractivity contribution is 0.110. The van der Waals surface area contributed by atoms with Gasteiger partial charge in [-0.1, -0.05) is 30.7 Å². The van der Waals surface area contributed by atoms with Crippen molar-refractivity contribution in [1.29, 1.82) is 0 Å². The lowest BCUT2D eigenvalue weighted by atomic mass is 9.79. The van der Waals surface area contributed by atoms with E-state index in [1.54, 1.807) is 6.26 Å². The van der Waals surface area contributed by atoms with E-state index in [0.717, 1.165) is 17.4 Å². The van der Waals surface area contributed by atoms with Crippen molar-refractivity contribution in [3.05, 3.63) is 47.9 Å². The zero-order valence-corrected chi connectivity index (χ0v) is 9.56. The van der Waals surface area contributed by atoms with Crippen LogP contribution in [0.25, 0.3) is 11.1 Å². The molecule has 1 aromatic carbocycles. The Bertz CT molecular complexity index is 535. The maximum Gasteiger partial charge on any atom is 0.185 e. The number of carbonyl (C=O) groups is 1. The van der Waals surface area contributed by atoms with Gasteiger partial charge >= 0.3 is 0 Å². The third-order valence-corrected chi connectivity index (χ3v) is 3.58. The molecule has 1 aliphatic carbocycles. The molecule has 0 bridgehead atoms. The number of benzene rings is 1. The Hall–Kier alpha value is -1.83. The Morgan fingerprint density at radius 1 is 1.24 bits per heavy atom. The highest BCUT2D eigenvalue weighted by Crippen LogP contribution is 2.37. The molecule has 0 amide bonds. The van der Waals surface area contributed by atoms with Crippen molar-refractivity contribution >= 4 is 6.29 Å². The van der Waals surface area contributed by atoms with E-state index in [-0.39, 0.29) is 0 Å². The summed E-state index contributed by atoms with van der Waals surface area (Å²) in [5.41, 5.74) is 3.35. The molecular formula is C15H14O2. The third-order valence-electron chi connectivity index (χ3n) is 3.58. The number of carbonyl (C=O) groups excluding carboxylic acids is 1. The number of hydrogen-bond donors (Lipinski definition) is 0. The van der Waals surface area contributed by atoms with E-state index in [1.807, 2.05) is 12.1 Å². The Labute approximate surface area is 100 Å². The predicted molar refractivity (Wildman–Crippen MR) is 66.1 cm³/mol. The van der Waals surface area contributed by atoms with Gasteiger partial charge in [0.1, 0.15) is 0 Å². The molecule has 0 aliphatic heterocycles. The number of hydrogen-bond acceptors (Lipinski definition) is 2. The standard InChI is InChI=1S/C15H14O2/c16-10-15-14(7-8-17-15)13-6-2-5-12(9-13)11-3-1-4-11/h2,5-11H,1,3-4H2. The monoisotopic (exact) mass is 226 g/mol. The first-order chi connectivity index (χ1) is 8.38. The van der Waals surface area contributed by atoms with Gasteiger partial charge < -0.3 is 4.42 Å². The normalized spacial score (nSPS) is 15.5. The summed E-state index contributed by atoms with van der Waals surface area (Å²) in [6.45, 7) is 0. The molecule has 2 nitrogen and oxygen atoms in total. The average molecular weight is 226 g/mol. The van der Waals surface area contributed by atoms with Gasteiger partial charge in [0.25, 0.3) is 0 Å². The molecule has 1 aliphatic rings. The molecular weight excluding hydrogens is 212 g/mol. The second kappa shape index (κ2) is 4.21. The van der Waals surface area contributed by atoms with Gasteiger partial charge in [0.15, 0.2) is 12.0 Å². The van der Waals surface area contributed by atoms with Crippen molar-refractivity contribution in [2.75, 3.05) is 0 Å². The van der Waals surface area contributed by atoms with Gasteiger partial charge in [0.05, 0.1) is 6.26 Å². The van der Waals surface area contributed by atoms with Crippen LogP contribution in [-0.4, -0.2) is 6.29 Å². The van der Waals surface area contributed by atoms with E-state index < -0.39 is 0 Å². The van der Waals surface area contributed by atoms with Crippen LogP contribution < -0.4 is 0 Å². The first-order valence-electron chi connectivity index (χ1n) is 6.01. The minimum absolute atomic E-state index is 0.413. The van der Waals surface area contributed by atoms with E-state index in [4.69, 9.17) is 4.42 Å². The molecule has 0 unspecified atom stereocenters. The van der Waals surface area contributed by atoms with Crippen molar-refractivity contribution in [2.24, 2.45) is 0 Å². The van der Waals surface area contributed by atoms with Crippen LogP contribution in [0, 0.1) is 0 Å². The van der Waals surface area contributed by atoms with Gasteiger partial charge in [-0.05, 0) is 36.0 Å². The number of furan rings is 1. The summed E-state index contributed by atoms with van der Waals surface area (Å²) >= 11 is 0. The predicted octanol–water partition coefficient (Wildman–Crippen LogP) is 4.03. The first kappa shape index (κ1) is 10.3. The van der Waals surface area contributed by atoms with Gasteiger partial charge in [-0.15, -0.1) is 0 Å². The van der Waals surface area contributed by atoms with Crippen LogP contribution in [0.3, 0.4) is 0 Å². The summed E-state index contributed by atoms with van der Waals surface area (Å²) in [6, 6.07) is 10.3. The fourth-order valence-corrected chi connectivity index (χ4v) is 2.35. The minimum Gasteiger partial charge on any atom is -0.461 e. The molecule has 1 saturated carbocycles. The van der Waals surface area contributed by atoms with Crippen LogP contribution in [-0.2, 0) is 0 Å². The number of aldehydes is 1. The Balaban J connectivity index is 2.00. The van der Waals surface area contributed by atoms with Crippen LogP contribution in [0.4, 0.5) is 0 Å². The van der Waals surface area contributed by atoms with Gasteiger partial charge in [0, 0.05) is 5.56 Å². The summed E-state index contributed by atoms with van der Waals surface area (Å²) in [6.07, 6.45) is 6.24. The van der Waals surface area contributed by atoms with E-state index in [2.05, 4.69) is 18.2 Å². The Morgan fingerprint density at radius 3 is 2.82 bits per heavy atom. The lowest BCUT2D eigenvalue weighted by Gasteiger charge is -2.26. The maximum absolute atomic E-state index is 10.9. The van der Waals surface area contributed by atoms with E-state index in [9.17, 15) is 4.79 Å². The molecule has 3 rings (SSSR count). The molecule has 1 heterocycles. The zero-order valence-electron chi connectivity index (χ0n) is 9.56. The highest BCUT2D eigenvalue weighted by atomic mass is 16.3. The van der Waals surface area contributed by atoms with Gasteiger partial charge in [-0.25, -0.2) is 0 Å². The second-order valence-corrected chi connectivity index (χ2v) is 4.57. The SMILES string of the molecule is O=Cc1occc1-c1cccc(C2CCC2)c1. The topological polar surface area (TPSA) is 30.2 Å². The van der Waals surface area contributed by atoms with Crippen LogP contribution in [0.2, 0.25) is 0 Å². The van der Waals surface area contributed by atoms with E-state index >= 15 is 0 Å². The van der Waals surface area contributed by atoms with Crippen molar-refractivity contribution in [2.45, 2.75) is 25.2 Å². The van der Waals surface area contributed by atoms with Crippen LogP contribution in [0.15, 0.2) is 41.0 Å². The second-order valence-electron chi connectivity index (χ2n) is 4.57. The van der Waals surface area contributed by atoms with E-state index in [1.165, 1.54) is 24.8 Å². The van der Waals surface area contributed by atoms with Crippen LogP contribution in [0.1, 0.15) is 41.3 Å². The van der Waals surface area contributed by atoms with E-state index in [0.29, 0.717) is 11.7 Å². The zero-order chi connectivity index (χ0) is 11.7. The fourth-order valence-electron chi connectivity index (χ4n) is 2.35. The summed E-state index contributed by atoms with van der Waals surface area (Å²) in [4.78, 5) is 10.9. The maximum atomic E-state index is 10.9. The molecule has 86 valence electrons. The third kappa shape index (κ3) is 1.80. The summed E-state index contributed by atoms with van der Waals surface area (Å²) in [5.74, 6) is 1.12. The minimum atomic E-state index is 0.413. The van der Waals surface area contributed by atoms with Gasteiger partial charge in [0.2, 0.25) is 0 Å². The molecule has 2 heteroatoms. The smallest absolute Gasteiger partial charge is 0.185 e. The first-order valence-corrected chi connectivity index (χ1v) is 6.01. The molecule has 0 spiro atoms. The molecule has 1 fully saturated rings. The molecule has 0 N–H and O–H groups in total. The number of rotatable bonds is 3. The van der Waals surface area contributed by atoms with Crippen molar-refractivity contribution in [1.82, 2.24) is 0 Å². The summed E-state index contributed by atoms with van der Waals surface area (Å²) < 4.78 is 5.14. The molecule has 1 aromatic heterocycles. The molecule has 2 aromatic rings. The average Bonchev–Trinajstić information content (AvgIpc) is 2.75. The highest BCUT2D eigenvalue weighted by Gasteiger charge is 2.20. The summed E-state index contributed by atoms with van der Waals surface area (Å²) in [7, 11) is 0. The van der Waals surface area contributed by atoms with Gasteiger partial charge in [-0.3, -0.25) is 4.79 Å². The Kier molecular flexibility index (Phi) is 2.56. The van der Waals surface area contributed by atoms with Gasteiger partial charge in [-0.2, -0.15) is 0 Å². The lowest BCUT2D eigenvalue weighted by Crippen LogP contribution is -2.08. The molecule has 0 saturated heterocycles. The largest absolute Gasteiger partial charge is 0.461 e. The molecule has 0 radical (unpaired) electrons. The van der Waals surface area contributed by atoms with Crippen molar-refractivity contribution < 1.29 is 9.21 Å².